The number of carbonyl (C=O) groups is 2. The molecule has 0 radical (unpaired) electrons. The van der Waals surface area contributed by atoms with Gasteiger partial charge in [0.15, 0.2) is 0 Å². The Morgan fingerprint density at radius 1 is 1.10 bits per heavy atom. The third kappa shape index (κ3) is 5.64. The fraction of sp³-hybridized carbons (Fsp3) is 0.318. The first-order chi connectivity index (χ1) is 14.7. The molecule has 2 amide bonds. The van der Waals surface area contributed by atoms with Gasteiger partial charge in [-0.3, -0.25) is 14.6 Å². The van der Waals surface area contributed by atoms with Gasteiger partial charge in [0.1, 0.15) is 23.4 Å². The molecule has 31 heavy (non-hydrogen) atoms. The number of nitrogens with zero attached hydrogens (tertiary/aromatic N) is 4. The Bertz CT molecular complexity index is 978. The van der Waals surface area contributed by atoms with Crippen LogP contribution < -0.4 is 10.7 Å². The molecule has 3 rings (SSSR count). The van der Waals surface area contributed by atoms with Crippen LogP contribution >= 0.6 is 0 Å². The number of hydrogen-bond acceptors (Lipinski definition) is 5. The van der Waals surface area contributed by atoms with Crippen LogP contribution in [0.15, 0.2) is 53.6 Å². The number of hydrazone groups is 1. The highest BCUT2D eigenvalue weighted by atomic mass is 19.1. The van der Waals surface area contributed by atoms with Crippen LogP contribution in [0.3, 0.4) is 0 Å². The molecule has 2 aromatic rings. The van der Waals surface area contributed by atoms with Gasteiger partial charge in [-0.1, -0.05) is 12.1 Å². The van der Waals surface area contributed by atoms with Crippen molar-refractivity contribution >= 4 is 23.2 Å². The normalized spacial score (nSPS) is 15.8. The number of carbonyl (C=O) groups excluding carboxylic acids is 2. The molecule has 1 unspecified atom stereocenters. The van der Waals surface area contributed by atoms with Gasteiger partial charge in [0.2, 0.25) is 5.91 Å². The Hall–Kier alpha value is -3.33. The van der Waals surface area contributed by atoms with Crippen molar-refractivity contribution in [3.8, 4) is 0 Å². The summed E-state index contributed by atoms with van der Waals surface area (Å²) >= 11 is 0. The second kappa shape index (κ2) is 9.65. The van der Waals surface area contributed by atoms with Crippen molar-refractivity contribution < 1.29 is 18.4 Å². The van der Waals surface area contributed by atoms with Gasteiger partial charge in [-0.25, -0.2) is 8.78 Å². The van der Waals surface area contributed by atoms with Crippen LogP contribution in [0.5, 0.6) is 0 Å². The van der Waals surface area contributed by atoms with E-state index in [1.807, 2.05) is 19.0 Å². The first kappa shape index (κ1) is 22.4. The molecule has 7 nitrogen and oxygen atoms in total. The quantitative estimate of drug-likeness (QED) is 0.696. The largest absolute Gasteiger partial charge is 0.368 e. The number of primary amides is 1. The molecule has 0 bridgehead atoms. The second-order valence-corrected chi connectivity index (χ2v) is 7.65. The number of anilines is 1. The molecule has 1 aliphatic heterocycles. The molecule has 0 aromatic heterocycles. The van der Waals surface area contributed by atoms with E-state index in [2.05, 4.69) is 5.10 Å². The number of halogens is 2. The van der Waals surface area contributed by atoms with Crippen molar-refractivity contribution in [3.63, 3.8) is 0 Å². The summed E-state index contributed by atoms with van der Waals surface area (Å²) in [6.45, 7) is 1.18. The lowest BCUT2D eigenvalue weighted by Crippen LogP contribution is -2.41. The molecule has 2 aromatic carbocycles. The van der Waals surface area contributed by atoms with Crippen molar-refractivity contribution in [2.24, 2.45) is 10.8 Å². The maximum absolute atomic E-state index is 13.6. The number of nitrogens with two attached hydrogens (primary N) is 1. The standard InChI is InChI=1S/C22H25F2N5O2/c1-27(2)10-11-28(14-15-4-3-5-17(24)12-15)22(31)19-13-20(21(25)30)29(26-19)18-8-6-16(23)7-9-18/h3-9,12,20H,10-11,13-14H2,1-2H3,(H2,25,30). The molecular formula is C22H25F2N5O2. The molecule has 1 heterocycles. The van der Waals surface area contributed by atoms with Crippen LogP contribution in [0.1, 0.15) is 12.0 Å². The molecule has 0 fully saturated rings. The van der Waals surface area contributed by atoms with E-state index in [0.717, 1.165) is 0 Å². The van der Waals surface area contributed by atoms with Crippen LogP contribution in [0.25, 0.3) is 0 Å². The Morgan fingerprint density at radius 2 is 1.81 bits per heavy atom. The maximum atomic E-state index is 13.6. The highest BCUT2D eigenvalue weighted by Gasteiger charge is 2.36. The van der Waals surface area contributed by atoms with Crippen LogP contribution in [0.4, 0.5) is 14.5 Å². The highest BCUT2D eigenvalue weighted by molar-refractivity contribution is 6.40. The summed E-state index contributed by atoms with van der Waals surface area (Å²) in [7, 11) is 3.77. The lowest BCUT2D eigenvalue weighted by atomic mass is 10.1. The van der Waals surface area contributed by atoms with Gasteiger partial charge >= 0.3 is 0 Å². The number of likely N-dealkylation sites (N-methyl/N-ethyl adjacent to an activating group) is 1. The fourth-order valence-corrected chi connectivity index (χ4v) is 3.30. The Labute approximate surface area is 179 Å². The van der Waals surface area contributed by atoms with Gasteiger partial charge in [0.25, 0.3) is 5.91 Å². The van der Waals surface area contributed by atoms with E-state index in [1.165, 1.54) is 41.4 Å². The monoisotopic (exact) mass is 429 g/mol. The second-order valence-electron chi connectivity index (χ2n) is 7.65. The highest BCUT2D eigenvalue weighted by Crippen LogP contribution is 2.25. The topological polar surface area (TPSA) is 82.2 Å². The summed E-state index contributed by atoms with van der Waals surface area (Å²) in [5.74, 6) is -1.81. The van der Waals surface area contributed by atoms with Gasteiger partial charge in [0, 0.05) is 26.1 Å². The predicted molar refractivity (Wildman–Crippen MR) is 114 cm³/mol. The molecule has 0 spiro atoms. The Kier molecular flexibility index (Phi) is 6.96. The van der Waals surface area contributed by atoms with Gasteiger partial charge in [-0.15, -0.1) is 0 Å². The molecule has 0 saturated carbocycles. The number of hydrogen-bond donors (Lipinski definition) is 1. The van der Waals surface area contributed by atoms with Crippen molar-refractivity contribution in [1.29, 1.82) is 0 Å². The van der Waals surface area contributed by atoms with E-state index in [9.17, 15) is 18.4 Å². The van der Waals surface area contributed by atoms with E-state index in [-0.39, 0.29) is 30.4 Å². The molecule has 2 N–H and O–H groups in total. The zero-order valence-electron chi connectivity index (χ0n) is 17.5. The van der Waals surface area contributed by atoms with Gasteiger partial charge in [0.05, 0.1) is 5.69 Å². The van der Waals surface area contributed by atoms with Gasteiger partial charge in [-0.2, -0.15) is 5.10 Å². The number of rotatable bonds is 8. The molecule has 9 heteroatoms. The predicted octanol–water partition coefficient (Wildman–Crippen LogP) is 1.98. The van der Waals surface area contributed by atoms with Crippen molar-refractivity contribution in [2.75, 3.05) is 32.2 Å². The maximum Gasteiger partial charge on any atom is 0.270 e. The average Bonchev–Trinajstić information content (AvgIpc) is 3.17. The van der Waals surface area contributed by atoms with Crippen LogP contribution in [0.2, 0.25) is 0 Å². The lowest BCUT2D eigenvalue weighted by Gasteiger charge is -2.24. The smallest absolute Gasteiger partial charge is 0.270 e. The Balaban J connectivity index is 1.86. The van der Waals surface area contributed by atoms with E-state index in [1.54, 1.807) is 17.0 Å². The van der Waals surface area contributed by atoms with E-state index < -0.39 is 17.8 Å². The summed E-state index contributed by atoms with van der Waals surface area (Å²) in [6, 6.07) is 10.6. The average molecular weight is 429 g/mol. The number of benzene rings is 2. The third-order valence-electron chi connectivity index (χ3n) is 4.94. The minimum absolute atomic E-state index is 0.0349. The zero-order valence-corrected chi connectivity index (χ0v) is 17.5. The summed E-state index contributed by atoms with van der Waals surface area (Å²) in [5.41, 5.74) is 6.80. The van der Waals surface area contributed by atoms with Crippen LogP contribution in [-0.4, -0.2) is 60.6 Å². The molecule has 0 aliphatic carbocycles. The minimum Gasteiger partial charge on any atom is -0.368 e. The first-order valence-electron chi connectivity index (χ1n) is 9.84. The SMILES string of the molecule is CN(C)CCN(Cc1cccc(F)c1)C(=O)C1=NN(c2ccc(F)cc2)C(C(N)=O)C1. The van der Waals surface area contributed by atoms with E-state index in [4.69, 9.17) is 5.73 Å². The van der Waals surface area contributed by atoms with Gasteiger partial charge in [-0.05, 0) is 56.1 Å². The van der Waals surface area contributed by atoms with E-state index >= 15 is 0 Å². The zero-order chi connectivity index (χ0) is 22.5. The molecule has 1 aliphatic rings. The van der Waals surface area contributed by atoms with E-state index in [0.29, 0.717) is 24.3 Å². The molecule has 164 valence electrons. The summed E-state index contributed by atoms with van der Waals surface area (Å²) in [5, 5.41) is 5.69. The summed E-state index contributed by atoms with van der Waals surface area (Å²) < 4.78 is 26.9. The lowest BCUT2D eigenvalue weighted by molar-refractivity contribution is -0.124. The van der Waals surface area contributed by atoms with Crippen LogP contribution in [-0.2, 0) is 16.1 Å². The first-order valence-corrected chi connectivity index (χ1v) is 9.84. The molecule has 0 saturated heterocycles. The summed E-state index contributed by atoms with van der Waals surface area (Å²) in [4.78, 5) is 28.8. The van der Waals surface area contributed by atoms with Crippen molar-refractivity contribution in [1.82, 2.24) is 9.80 Å². The van der Waals surface area contributed by atoms with Crippen LogP contribution in [0, 0.1) is 11.6 Å². The molecular weight excluding hydrogens is 404 g/mol. The van der Waals surface area contributed by atoms with Crippen molar-refractivity contribution in [3.05, 3.63) is 65.7 Å². The number of amides is 2. The van der Waals surface area contributed by atoms with Crippen molar-refractivity contribution in [2.45, 2.75) is 19.0 Å². The fourth-order valence-electron chi connectivity index (χ4n) is 3.30. The minimum atomic E-state index is -0.853. The summed E-state index contributed by atoms with van der Waals surface area (Å²) in [6.07, 6.45) is 0.0349. The Morgan fingerprint density at radius 3 is 2.42 bits per heavy atom. The molecule has 1 atom stereocenters. The third-order valence-corrected chi connectivity index (χ3v) is 4.94. The van der Waals surface area contributed by atoms with Gasteiger partial charge < -0.3 is 15.5 Å².